The number of nitrogens with zero attached hydrogens (tertiary/aromatic N) is 9. The van der Waals surface area contributed by atoms with E-state index in [1.54, 1.807) is 0 Å². The van der Waals surface area contributed by atoms with Crippen LogP contribution in [0.3, 0.4) is 0 Å². The van der Waals surface area contributed by atoms with Gasteiger partial charge in [-0.25, -0.2) is 0 Å². The maximum atomic E-state index is 14.1. The van der Waals surface area contributed by atoms with Gasteiger partial charge in [-0.2, -0.15) is 0 Å². The molecule has 12 aromatic rings. The first-order valence-electron chi connectivity index (χ1n) is 38.8. The number of thiophene rings is 3. The zero-order valence-corrected chi connectivity index (χ0v) is 68.3. The Hall–Kier alpha value is -8.45. The fourth-order valence-electron chi connectivity index (χ4n) is 16.3. The van der Waals surface area contributed by atoms with Gasteiger partial charge in [0.15, 0.2) is 0 Å². The summed E-state index contributed by atoms with van der Waals surface area (Å²) in [7, 11) is 6.60. The molecular formula is C92H98Cl3N9O3S3. The number of carbonyl (C=O) groups excluding carboxylic acids is 3. The lowest BCUT2D eigenvalue weighted by Crippen LogP contribution is -2.45. The lowest BCUT2D eigenvalue weighted by molar-refractivity contribution is 0.0557. The largest absolute Gasteiger partial charge is 0.331 e. The summed E-state index contributed by atoms with van der Waals surface area (Å²) in [5.41, 5.74) is 10.1. The fourth-order valence-corrected chi connectivity index (χ4v) is 20.7. The predicted molar refractivity (Wildman–Crippen MR) is 461 cm³/mol. The van der Waals surface area contributed by atoms with Gasteiger partial charge in [0.1, 0.15) is 14.6 Å². The highest BCUT2D eigenvalue weighted by Gasteiger charge is 2.37. The number of amides is 3. The zero-order valence-electron chi connectivity index (χ0n) is 63.6. The SMILES string of the molecule is C=CCN(C)C1CCC(N(Cc2cccc(-c3ccncc3)c2)C(=O)c2sc3ccccc3c2Cl)CC1.CCCN(C)C1CCC(N(Cc2cccc(-c3ccncc3)c2)C(=O)c2sc3ccccc3c2Cl)CC1.CCN(C)C1CCC(N(Cc2cccc(-c3ccncc3)c2)C(=O)c2sc3ccccc3c2Cl)CC1. The first kappa shape index (κ1) is 79.6. The third kappa shape index (κ3) is 19.2. The molecule has 12 nitrogen and oxygen atoms in total. The van der Waals surface area contributed by atoms with Crippen molar-refractivity contribution in [2.24, 2.45) is 0 Å². The molecule has 0 unspecified atom stereocenters. The van der Waals surface area contributed by atoms with Gasteiger partial charge in [-0.05, 0) is 241 Å². The second-order valence-electron chi connectivity index (χ2n) is 29.5. The number of halogens is 3. The molecule has 3 aliphatic rings. The molecule has 0 bridgehead atoms. The minimum absolute atomic E-state index is 0.0309. The van der Waals surface area contributed by atoms with Gasteiger partial charge in [-0.15, -0.1) is 40.6 Å². The molecule has 6 heterocycles. The Balaban J connectivity index is 0.000000145. The van der Waals surface area contributed by atoms with Crippen LogP contribution < -0.4 is 0 Å². The molecule has 0 spiro atoms. The van der Waals surface area contributed by atoms with Gasteiger partial charge < -0.3 is 24.5 Å². The molecule has 568 valence electrons. The molecule has 3 aliphatic carbocycles. The van der Waals surface area contributed by atoms with Crippen molar-refractivity contribution in [2.75, 3.05) is 40.8 Å². The van der Waals surface area contributed by atoms with Crippen LogP contribution in [0.4, 0.5) is 0 Å². The van der Waals surface area contributed by atoms with Crippen molar-refractivity contribution in [3.8, 4) is 33.4 Å². The number of carbonyl (C=O) groups is 3. The van der Waals surface area contributed by atoms with Crippen LogP contribution in [0.15, 0.2) is 232 Å². The molecular weight excluding hydrogens is 1480 g/mol. The number of fused-ring (bicyclic) bond motifs is 3. The molecule has 3 saturated carbocycles. The van der Waals surface area contributed by atoms with Gasteiger partial charge in [0, 0.05) is 130 Å². The summed E-state index contributed by atoms with van der Waals surface area (Å²) in [6, 6.07) is 63.9. The smallest absolute Gasteiger partial charge is 0.266 e. The summed E-state index contributed by atoms with van der Waals surface area (Å²) >= 11 is 24.9. The van der Waals surface area contributed by atoms with Crippen molar-refractivity contribution in [1.29, 1.82) is 0 Å². The zero-order chi connectivity index (χ0) is 76.6. The third-order valence-electron chi connectivity index (χ3n) is 22.5. The molecule has 0 aliphatic heterocycles. The van der Waals surface area contributed by atoms with Gasteiger partial charge in [0.2, 0.25) is 0 Å². The molecule has 6 aromatic carbocycles. The number of likely N-dealkylation sites (N-methyl/N-ethyl adjacent to an activating group) is 1. The molecule has 0 saturated heterocycles. The summed E-state index contributed by atoms with van der Waals surface area (Å²) in [6.07, 6.45) is 26.6. The second kappa shape index (κ2) is 38.2. The van der Waals surface area contributed by atoms with Crippen LogP contribution in [0.5, 0.6) is 0 Å². The van der Waals surface area contributed by atoms with Gasteiger partial charge >= 0.3 is 0 Å². The monoisotopic (exact) mass is 1580 g/mol. The van der Waals surface area contributed by atoms with Crippen LogP contribution in [-0.4, -0.2) is 139 Å². The highest BCUT2D eigenvalue weighted by atomic mass is 35.5. The van der Waals surface area contributed by atoms with Crippen molar-refractivity contribution in [2.45, 2.75) is 153 Å². The molecule has 6 aromatic heterocycles. The standard InChI is InChI=1S/C31H34ClN3OS.C31H32ClN3OS.C30H32ClN3OS/c2*1-3-19-34(2)25-11-13-26(14-12-25)35(31(36)30-29(32)27-9-4-5-10-28(27)37-30)21-22-7-6-8-24(20-22)23-15-17-33-18-16-23;1-3-33(2)24-11-13-25(14-12-24)34(30(35)29-28(31)26-9-4-5-10-27(26)36-29)20-21-7-6-8-23(19-21)22-15-17-32-18-16-22/h4-10,15-18,20,25-26H,3,11-14,19,21H2,1-2H3;3-10,15-18,20,25-26H,1,11-14,19,21H2,2H3;4-10,15-19,24-25H,3,11-14,20H2,1-2H3. The molecule has 3 fully saturated rings. The van der Waals surface area contributed by atoms with Crippen molar-refractivity contribution in [1.82, 2.24) is 44.4 Å². The van der Waals surface area contributed by atoms with E-state index in [2.05, 4.69) is 159 Å². The first-order chi connectivity index (χ1) is 53.6. The highest BCUT2D eigenvalue weighted by Crippen LogP contribution is 2.42. The molecule has 110 heavy (non-hydrogen) atoms. The molecule has 15 rings (SSSR count). The number of pyridine rings is 3. The lowest BCUT2D eigenvalue weighted by Gasteiger charge is -2.39. The first-order valence-corrected chi connectivity index (χ1v) is 42.4. The minimum Gasteiger partial charge on any atom is -0.331 e. The predicted octanol–water partition coefficient (Wildman–Crippen LogP) is 23.1. The average molecular weight is 1580 g/mol. The Labute approximate surface area is 676 Å². The van der Waals surface area contributed by atoms with E-state index in [1.165, 1.54) is 40.4 Å². The summed E-state index contributed by atoms with van der Waals surface area (Å²) in [5, 5.41) is 4.60. The van der Waals surface area contributed by atoms with E-state index >= 15 is 0 Å². The van der Waals surface area contributed by atoms with Crippen LogP contribution in [0.1, 0.15) is 143 Å². The molecule has 0 radical (unpaired) electrons. The lowest BCUT2D eigenvalue weighted by atomic mass is 9.88. The van der Waals surface area contributed by atoms with E-state index in [0.717, 1.165) is 177 Å². The molecule has 3 amide bonds. The van der Waals surface area contributed by atoms with Gasteiger partial charge in [0.25, 0.3) is 17.7 Å². The van der Waals surface area contributed by atoms with Crippen LogP contribution in [0.25, 0.3) is 63.6 Å². The Kier molecular flexibility index (Phi) is 27.6. The number of hydrogen-bond donors (Lipinski definition) is 0. The number of aromatic nitrogens is 3. The number of rotatable bonds is 23. The molecule has 18 heteroatoms. The Morgan fingerprint density at radius 1 is 0.382 bits per heavy atom. The number of hydrogen-bond acceptors (Lipinski definition) is 12. The maximum Gasteiger partial charge on any atom is 0.266 e. The van der Waals surface area contributed by atoms with Crippen LogP contribution in [-0.2, 0) is 19.6 Å². The van der Waals surface area contributed by atoms with Crippen molar-refractivity contribution >= 4 is 117 Å². The highest BCUT2D eigenvalue weighted by molar-refractivity contribution is 7.22. The van der Waals surface area contributed by atoms with Crippen molar-refractivity contribution in [3.63, 3.8) is 0 Å². The van der Waals surface area contributed by atoms with Crippen LogP contribution >= 0.6 is 68.8 Å². The van der Waals surface area contributed by atoms with E-state index in [4.69, 9.17) is 34.8 Å². The number of benzene rings is 6. The molecule has 0 atom stereocenters. The summed E-state index contributed by atoms with van der Waals surface area (Å²) in [5.74, 6) is 0.122. The van der Waals surface area contributed by atoms with E-state index < -0.39 is 0 Å². The molecule has 0 N–H and O–H groups in total. The van der Waals surface area contributed by atoms with Crippen LogP contribution in [0.2, 0.25) is 15.1 Å². The maximum absolute atomic E-state index is 14.1. The van der Waals surface area contributed by atoms with E-state index in [0.29, 0.717) is 67.5 Å². The Bertz CT molecular complexity index is 5050. The summed E-state index contributed by atoms with van der Waals surface area (Å²) < 4.78 is 3.16. The minimum atomic E-state index is 0.0309. The quantitative estimate of drug-likeness (QED) is 0.0578. The second-order valence-corrected chi connectivity index (χ2v) is 33.8. The summed E-state index contributed by atoms with van der Waals surface area (Å²) in [6.45, 7) is 13.1. The Morgan fingerprint density at radius 3 is 0.964 bits per heavy atom. The van der Waals surface area contributed by atoms with Gasteiger partial charge in [-0.3, -0.25) is 34.2 Å². The van der Waals surface area contributed by atoms with E-state index in [-0.39, 0.29) is 35.8 Å². The fraction of sp³-hybridized carbons (Fsp3) is 0.326. The van der Waals surface area contributed by atoms with Crippen LogP contribution in [0, 0.1) is 0 Å². The van der Waals surface area contributed by atoms with Crippen molar-refractivity contribution in [3.05, 3.63) is 278 Å². The van der Waals surface area contributed by atoms with Gasteiger partial charge in [-0.1, -0.05) is 164 Å². The average Bonchev–Trinajstić information content (AvgIpc) is 1.49. The Morgan fingerprint density at radius 2 is 0.673 bits per heavy atom. The summed E-state index contributed by atoms with van der Waals surface area (Å²) in [4.78, 5) is 70.3. The normalized spacial score (nSPS) is 17.8. The van der Waals surface area contributed by atoms with Gasteiger partial charge in [0.05, 0.1) is 15.1 Å². The van der Waals surface area contributed by atoms with E-state index in [1.807, 2.05) is 152 Å². The van der Waals surface area contributed by atoms with E-state index in [9.17, 15) is 14.4 Å². The topological polar surface area (TPSA) is 109 Å². The third-order valence-corrected chi connectivity index (χ3v) is 27.5. The van der Waals surface area contributed by atoms with Crippen molar-refractivity contribution < 1.29 is 14.4 Å².